The molecule has 0 aliphatic carbocycles. The molecule has 1 aromatic rings. The van der Waals surface area contributed by atoms with Crippen LogP contribution < -0.4 is 10.6 Å². The molecule has 0 aromatic heterocycles. The van der Waals surface area contributed by atoms with E-state index in [1.165, 1.54) is 5.56 Å². The molecule has 6 heteroatoms. The highest BCUT2D eigenvalue weighted by molar-refractivity contribution is 8.00. The quantitative estimate of drug-likeness (QED) is 0.695. The fraction of sp³-hybridized carbons (Fsp3) is 0.579. The Morgan fingerprint density at radius 1 is 1.20 bits per heavy atom. The maximum absolute atomic E-state index is 12.2. The van der Waals surface area contributed by atoms with Crippen LogP contribution in [0.1, 0.15) is 31.7 Å². The summed E-state index contributed by atoms with van der Waals surface area (Å²) in [5, 5.41) is 6.04. The van der Waals surface area contributed by atoms with Gasteiger partial charge in [-0.2, -0.15) is 0 Å². The first kappa shape index (κ1) is 19.8. The highest BCUT2D eigenvalue weighted by Gasteiger charge is 2.22. The van der Waals surface area contributed by atoms with Crippen molar-refractivity contribution in [3.05, 3.63) is 29.8 Å². The number of nitrogens with zero attached hydrogens (tertiary/aromatic N) is 1. The van der Waals surface area contributed by atoms with Crippen molar-refractivity contribution in [1.82, 2.24) is 15.5 Å². The standard InChI is InChI=1S/C19H29N3O2S/c1-3-10-20-18(23)13-22-11-8-16(9-12-22)21-19(24)14-25-17-7-5-4-6-15(17)2/h4-7,16H,3,8-14H2,1-2H3,(H,20,23)(H,21,24). The lowest BCUT2D eigenvalue weighted by Gasteiger charge is -2.31. The first-order chi connectivity index (χ1) is 12.1. The Balaban J connectivity index is 1.65. The molecule has 1 aromatic carbocycles. The Bertz CT molecular complexity index is 572. The SMILES string of the molecule is CCCNC(=O)CN1CCC(NC(=O)CSc2ccccc2C)CC1. The summed E-state index contributed by atoms with van der Waals surface area (Å²) in [6.07, 6.45) is 2.77. The highest BCUT2D eigenvalue weighted by Crippen LogP contribution is 2.21. The molecule has 1 aliphatic rings. The second kappa shape index (κ2) is 10.5. The van der Waals surface area contributed by atoms with Crippen molar-refractivity contribution in [2.24, 2.45) is 0 Å². The Labute approximate surface area is 154 Å². The summed E-state index contributed by atoms with van der Waals surface area (Å²) < 4.78 is 0. The van der Waals surface area contributed by atoms with Crippen LogP contribution in [-0.4, -0.2) is 54.7 Å². The van der Waals surface area contributed by atoms with E-state index in [4.69, 9.17) is 0 Å². The number of piperidine rings is 1. The maximum atomic E-state index is 12.2. The van der Waals surface area contributed by atoms with Gasteiger partial charge in [-0.15, -0.1) is 11.8 Å². The molecule has 0 atom stereocenters. The number of benzene rings is 1. The number of rotatable bonds is 8. The Hall–Kier alpha value is -1.53. The molecule has 1 aliphatic heterocycles. The molecule has 25 heavy (non-hydrogen) atoms. The average Bonchev–Trinajstić information content (AvgIpc) is 2.61. The van der Waals surface area contributed by atoms with E-state index in [0.29, 0.717) is 12.3 Å². The van der Waals surface area contributed by atoms with Crippen molar-refractivity contribution in [2.75, 3.05) is 31.9 Å². The van der Waals surface area contributed by atoms with E-state index in [9.17, 15) is 9.59 Å². The van der Waals surface area contributed by atoms with Gasteiger partial charge in [-0.1, -0.05) is 25.1 Å². The third-order valence-electron chi connectivity index (χ3n) is 4.34. The summed E-state index contributed by atoms with van der Waals surface area (Å²) in [6.45, 7) is 7.02. The van der Waals surface area contributed by atoms with Crippen LogP contribution >= 0.6 is 11.8 Å². The van der Waals surface area contributed by atoms with Crippen molar-refractivity contribution < 1.29 is 9.59 Å². The minimum atomic E-state index is 0.0902. The molecule has 1 saturated heterocycles. The van der Waals surface area contributed by atoms with E-state index in [2.05, 4.69) is 34.6 Å². The van der Waals surface area contributed by atoms with E-state index in [0.717, 1.165) is 43.8 Å². The van der Waals surface area contributed by atoms with Crippen LogP contribution in [0.15, 0.2) is 29.2 Å². The number of nitrogens with one attached hydrogen (secondary N) is 2. The first-order valence-corrected chi connectivity index (χ1v) is 10.0. The summed E-state index contributed by atoms with van der Waals surface area (Å²) in [7, 11) is 0. The molecule has 5 nitrogen and oxygen atoms in total. The summed E-state index contributed by atoms with van der Waals surface area (Å²) in [6, 6.07) is 8.34. The fourth-order valence-corrected chi connectivity index (χ4v) is 3.73. The molecule has 0 radical (unpaired) electrons. The van der Waals surface area contributed by atoms with Crippen LogP contribution in [-0.2, 0) is 9.59 Å². The monoisotopic (exact) mass is 363 g/mol. The maximum Gasteiger partial charge on any atom is 0.234 e. The molecule has 2 N–H and O–H groups in total. The minimum Gasteiger partial charge on any atom is -0.355 e. The van der Waals surface area contributed by atoms with Crippen molar-refractivity contribution >= 4 is 23.6 Å². The van der Waals surface area contributed by atoms with Gasteiger partial charge in [0.1, 0.15) is 0 Å². The van der Waals surface area contributed by atoms with Crippen molar-refractivity contribution in [1.29, 1.82) is 0 Å². The van der Waals surface area contributed by atoms with E-state index >= 15 is 0 Å². The van der Waals surface area contributed by atoms with Gasteiger partial charge in [0.05, 0.1) is 12.3 Å². The largest absolute Gasteiger partial charge is 0.355 e. The molecule has 2 amide bonds. The molecule has 0 spiro atoms. The number of hydrogen-bond donors (Lipinski definition) is 2. The van der Waals surface area contributed by atoms with Crippen molar-refractivity contribution in [3.8, 4) is 0 Å². The van der Waals surface area contributed by atoms with Gasteiger partial charge in [0, 0.05) is 30.6 Å². The molecule has 138 valence electrons. The van der Waals surface area contributed by atoms with Gasteiger partial charge in [-0.3, -0.25) is 14.5 Å². The van der Waals surface area contributed by atoms with Gasteiger partial charge >= 0.3 is 0 Å². The topological polar surface area (TPSA) is 61.4 Å². The lowest BCUT2D eigenvalue weighted by atomic mass is 10.1. The molecule has 0 bridgehead atoms. The first-order valence-electron chi connectivity index (χ1n) is 9.05. The summed E-state index contributed by atoms with van der Waals surface area (Å²) in [4.78, 5) is 27.2. The third kappa shape index (κ3) is 7.08. The predicted octanol–water partition coefficient (Wildman–Crippen LogP) is 2.19. The molecule has 1 fully saturated rings. The third-order valence-corrected chi connectivity index (χ3v) is 5.52. The molecular formula is C19H29N3O2S. The molecule has 1 heterocycles. The van der Waals surface area contributed by atoms with Gasteiger partial charge in [-0.05, 0) is 37.8 Å². The van der Waals surface area contributed by atoms with Gasteiger partial charge in [0.15, 0.2) is 0 Å². The normalized spacial score (nSPS) is 15.8. The highest BCUT2D eigenvalue weighted by atomic mass is 32.2. The predicted molar refractivity (Wildman–Crippen MR) is 103 cm³/mol. The van der Waals surface area contributed by atoms with Crippen LogP contribution in [0.3, 0.4) is 0 Å². The van der Waals surface area contributed by atoms with Crippen LogP contribution in [0.5, 0.6) is 0 Å². The van der Waals surface area contributed by atoms with Crippen LogP contribution in [0.4, 0.5) is 0 Å². The zero-order valence-electron chi connectivity index (χ0n) is 15.2. The van der Waals surface area contributed by atoms with Crippen LogP contribution in [0, 0.1) is 6.92 Å². The van der Waals surface area contributed by atoms with Gasteiger partial charge in [0.2, 0.25) is 11.8 Å². The second-order valence-corrected chi connectivity index (χ2v) is 7.54. The van der Waals surface area contributed by atoms with Gasteiger partial charge in [0.25, 0.3) is 0 Å². The minimum absolute atomic E-state index is 0.0902. The van der Waals surface area contributed by atoms with Crippen LogP contribution in [0.25, 0.3) is 0 Å². The van der Waals surface area contributed by atoms with Crippen molar-refractivity contribution in [3.63, 3.8) is 0 Å². The fourth-order valence-electron chi connectivity index (χ4n) is 2.89. The van der Waals surface area contributed by atoms with E-state index in [1.807, 2.05) is 19.1 Å². The molecule has 0 saturated carbocycles. The number of carbonyl (C=O) groups excluding carboxylic acids is 2. The smallest absolute Gasteiger partial charge is 0.234 e. The Morgan fingerprint density at radius 2 is 1.92 bits per heavy atom. The van der Waals surface area contributed by atoms with E-state index in [-0.39, 0.29) is 17.9 Å². The Kier molecular flexibility index (Phi) is 8.28. The molecular weight excluding hydrogens is 334 g/mol. The number of hydrogen-bond acceptors (Lipinski definition) is 4. The van der Waals surface area contributed by atoms with Crippen LogP contribution in [0.2, 0.25) is 0 Å². The van der Waals surface area contributed by atoms with Gasteiger partial charge in [-0.25, -0.2) is 0 Å². The number of carbonyl (C=O) groups is 2. The number of thioether (sulfide) groups is 1. The molecule has 2 rings (SSSR count). The second-order valence-electron chi connectivity index (χ2n) is 6.52. The van der Waals surface area contributed by atoms with Gasteiger partial charge < -0.3 is 10.6 Å². The van der Waals surface area contributed by atoms with E-state index < -0.39 is 0 Å². The summed E-state index contributed by atoms with van der Waals surface area (Å²) >= 11 is 1.58. The zero-order valence-corrected chi connectivity index (χ0v) is 16.0. The zero-order chi connectivity index (χ0) is 18.1. The molecule has 0 unspecified atom stereocenters. The number of amides is 2. The average molecular weight is 364 g/mol. The van der Waals surface area contributed by atoms with E-state index in [1.54, 1.807) is 11.8 Å². The summed E-state index contributed by atoms with van der Waals surface area (Å²) in [5.74, 6) is 0.635. The Morgan fingerprint density at radius 3 is 2.60 bits per heavy atom. The lowest BCUT2D eigenvalue weighted by Crippen LogP contribution is -2.47. The van der Waals surface area contributed by atoms with Crippen molar-refractivity contribution in [2.45, 2.75) is 44.0 Å². The summed E-state index contributed by atoms with van der Waals surface area (Å²) in [5.41, 5.74) is 1.20. The lowest BCUT2D eigenvalue weighted by molar-refractivity contribution is -0.123. The number of aryl methyl sites for hydroxylation is 1. The number of likely N-dealkylation sites (tertiary alicyclic amines) is 1.